The number of nitrogens with one attached hydrogen (secondary N) is 1. The maximum absolute atomic E-state index is 12.2. The lowest BCUT2D eigenvalue weighted by atomic mass is 10.1. The fraction of sp³-hybridized carbons (Fsp3) is 0.429. The highest BCUT2D eigenvalue weighted by molar-refractivity contribution is 5.92. The van der Waals surface area contributed by atoms with E-state index in [4.69, 9.17) is 9.47 Å². The van der Waals surface area contributed by atoms with Crippen LogP contribution in [0.15, 0.2) is 24.3 Å². The number of methoxy groups -OCH3 is 1. The molecule has 8 nitrogen and oxygen atoms in total. The summed E-state index contributed by atoms with van der Waals surface area (Å²) in [5, 5.41) is 7.16. The molecule has 8 heteroatoms. The van der Waals surface area contributed by atoms with Gasteiger partial charge in [0.1, 0.15) is 0 Å². The third kappa shape index (κ3) is 5.43. The van der Waals surface area contributed by atoms with Crippen LogP contribution in [-0.2, 0) is 25.5 Å². The number of aryl methyl sites for hydroxylation is 1. The summed E-state index contributed by atoms with van der Waals surface area (Å²) in [5.74, 6) is -1.16. The molecule has 1 heterocycles. The van der Waals surface area contributed by atoms with E-state index in [1.54, 1.807) is 35.9 Å². The molecule has 0 aliphatic rings. The van der Waals surface area contributed by atoms with Crippen molar-refractivity contribution < 1.29 is 23.9 Å². The normalized spacial score (nSPS) is 11.6. The Labute approximate surface area is 170 Å². The summed E-state index contributed by atoms with van der Waals surface area (Å²) in [4.78, 5) is 35.4. The quantitative estimate of drug-likeness (QED) is 0.681. The Balaban J connectivity index is 2.13. The van der Waals surface area contributed by atoms with Crippen molar-refractivity contribution in [2.45, 2.75) is 46.6 Å². The smallest absolute Gasteiger partial charge is 0.338 e. The SMILES string of the molecule is CCNC(=O)[C@@H](C)OC(=O)c1ccc(-n2nc(C)c(CCC(=O)OC)c2C)cc1. The number of ether oxygens (including phenoxy) is 2. The lowest BCUT2D eigenvalue weighted by Gasteiger charge is -2.13. The lowest BCUT2D eigenvalue weighted by Crippen LogP contribution is -2.35. The van der Waals surface area contributed by atoms with Crippen molar-refractivity contribution in [2.24, 2.45) is 0 Å². The van der Waals surface area contributed by atoms with E-state index in [-0.39, 0.29) is 11.9 Å². The number of esters is 2. The van der Waals surface area contributed by atoms with E-state index in [1.807, 2.05) is 13.8 Å². The number of rotatable bonds is 8. The molecule has 0 fully saturated rings. The van der Waals surface area contributed by atoms with Crippen LogP contribution in [0.3, 0.4) is 0 Å². The first-order valence-corrected chi connectivity index (χ1v) is 9.49. The second-order valence-corrected chi connectivity index (χ2v) is 6.63. The van der Waals surface area contributed by atoms with Crippen molar-refractivity contribution in [1.29, 1.82) is 0 Å². The number of hydrogen-bond donors (Lipinski definition) is 1. The summed E-state index contributed by atoms with van der Waals surface area (Å²) >= 11 is 0. The van der Waals surface area contributed by atoms with Crippen LogP contribution in [0.5, 0.6) is 0 Å². The van der Waals surface area contributed by atoms with Gasteiger partial charge in [-0.15, -0.1) is 0 Å². The predicted octanol–water partition coefficient (Wildman–Crippen LogP) is 2.28. The molecule has 0 aliphatic heterocycles. The topological polar surface area (TPSA) is 99.5 Å². The highest BCUT2D eigenvalue weighted by Crippen LogP contribution is 2.20. The minimum atomic E-state index is -0.865. The number of carbonyl (C=O) groups excluding carboxylic acids is 3. The summed E-state index contributed by atoms with van der Waals surface area (Å²) in [5.41, 5.74) is 3.88. The fourth-order valence-corrected chi connectivity index (χ4v) is 2.96. The molecule has 1 aromatic carbocycles. The molecule has 0 radical (unpaired) electrons. The third-order valence-electron chi connectivity index (χ3n) is 4.60. The van der Waals surface area contributed by atoms with Crippen LogP contribution >= 0.6 is 0 Å². The van der Waals surface area contributed by atoms with Crippen LogP contribution in [0.4, 0.5) is 0 Å². The molecular weight excluding hydrogens is 374 g/mol. The van der Waals surface area contributed by atoms with Crippen LogP contribution in [-0.4, -0.2) is 47.4 Å². The number of hydrogen-bond acceptors (Lipinski definition) is 6. The largest absolute Gasteiger partial charge is 0.469 e. The molecule has 1 atom stereocenters. The maximum Gasteiger partial charge on any atom is 0.338 e. The minimum absolute atomic E-state index is 0.263. The Morgan fingerprint density at radius 2 is 1.83 bits per heavy atom. The summed E-state index contributed by atoms with van der Waals surface area (Å²) in [6.45, 7) is 7.63. The van der Waals surface area contributed by atoms with Crippen molar-refractivity contribution >= 4 is 17.8 Å². The van der Waals surface area contributed by atoms with Crippen molar-refractivity contribution in [3.63, 3.8) is 0 Å². The third-order valence-corrected chi connectivity index (χ3v) is 4.60. The van der Waals surface area contributed by atoms with Gasteiger partial charge < -0.3 is 14.8 Å². The van der Waals surface area contributed by atoms with Crippen molar-refractivity contribution in [3.8, 4) is 5.69 Å². The maximum atomic E-state index is 12.2. The fourth-order valence-electron chi connectivity index (χ4n) is 2.96. The van der Waals surface area contributed by atoms with E-state index in [1.165, 1.54) is 14.0 Å². The molecule has 0 unspecified atom stereocenters. The van der Waals surface area contributed by atoms with E-state index in [2.05, 4.69) is 10.4 Å². The number of benzene rings is 1. The van der Waals surface area contributed by atoms with Crippen molar-refractivity contribution in [3.05, 3.63) is 46.8 Å². The van der Waals surface area contributed by atoms with E-state index >= 15 is 0 Å². The average Bonchev–Trinajstić information content (AvgIpc) is 2.99. The van der Waals surface area contributed by atoms with Gasteiger partial charge in [-0.25, -0.2) is 9.48 Å². The second kappa shape index (κ2) is 9.86. The summed E-state index contributed by atoms with van der Waals surface area (Å²) in [6, 6.07) is 6.78. The molecule has 1 aromatic heterocycles. The van der Waals surface area contributed by atoms with E-state index in [9.17, 15) is 14.4 Å². The van der Waals surface area contributed by atoms with Gasteiger partial charge in [-0.3, -0.25) is 9.59 Å². The highest BCUT2D eigenvalue weighted by Gasteiger charge is 2.19. The minimum Gasteiger partial charge on any atom is -0.469 e. The highest BCUT2D eigenvalue weighted by atomic mass is 16.5. The van der Waals surface area contributed by atoms with Gasteiger partial charge in [0.15, 0.2) is 6.10 Å². The number of amides is 1. The van der Waals surface area contributed by atoms with E-state index in [0.29, 0.717) is 24.9 Å². The van der Waals surface area contributed by atoms with Gasteiger partial charge in [0.05, 0.1) is 24.1 Å². The molecule has 0 spiro atoms. The first kappa shape index (κ1) is 22.1. The molecule has 29 heavy (non-hydrogen) atoms. The molecule has 0 saturated heterocycles. The molecular formula is C21H27N3O5. The second-order valence-electron chi connectivity index (χ2n) is 6.63. The molecule has 1 amide bonds. The van der Waals surface area contributed by atoms with Gasteiger partial charge in [0.2, 0.25) is 0 Å². The zero-order valence-corrected chi connectivity index (χ0v) is 17.4. The first-order chi connectivity index (χ1) is 13.8. The predicted molar refractivity (Wildman–Crippen MR) is 107 cm³/mol. The Morgan fingerprint density at radius 3 is 2.41 bits per heavy atom. The van der Waals surface area contributed by atoms with Crippen molar-refractivity contribution in [1.82, 2.24) is 15.1 Å². The lowest BCUT2D eigenvalue weighted by molar-refractivity contribution is -0.140. The zero-order chi connectivity index (χ0) is 21.6. The molecule has 2 rings (SSSR count). The zero-order valence-electron chi connectivity index (χ0n) is 17.4. The van der Waals surface area contributed by atoms with Crippen LogP contribution in [0.2, 0.25) is 0 Å². The van der Waals surface area contributed by atoms with Crippen molar-refractivity contribution in [2.75, 3.05) is 13.7 Å². The summed E-state index contributed by atoms with van der Waals surface area (Å²) < 4.78 is 11.7. The molecule has 0 aliphatic carbocycles. The Hall–Kier alpha value is -3.16. The van der Waals surface area contributed by atoms with E-state index < -0.39 is 12.1 Å². The van der Waals surface area contributed by atoms with Gasteiger partial charge in [-0.1, -0.05) is 0 Å². The number of likely N-dealkylation sites (N-methyl/N-ethyl adjacent to an activating group) is 1. The molecule has 0 saturated carbocycles. The first-order valence-electron chi connectivity index (χ1n) is 9.49. The summed E-state index contributed by atoms with van der Waals surface area (Å²) in [6.07, 6.45) is -0.0271. The van der Waals surface area contributed by atoms with Gasteiger partial charge in [0, 0.05) is 18.7 Å². The number of nitrogens with zero attached hydrogens (tertiary/aromatic N) is 2. The monoisotopic (exact) mass is 401 g/mol. The Kier molecular flexibility index (Phi) is 7.52. The van der Waals surface area contributed by atoms with Crippen LogP contribution in [0.1, 0.15) is 47.6 Å². The van der Waals surface area contributed by atoms with Gasteiger partial charge in [-0.2, -0.15) is 5.10 Å². The Bertz CT molecular complexity index is 886. The van der Waals surface area contributed by atoms with Gasteiger partial charge in [-0.05, 0) is 63.9 Å². The molecule has 1 N–H and O–H groups in total. The van der Waals surface area contributed by atoms with E-state index in [0.717, 1.165) is 22.6 Å². The molecule has 2 aromatic rings. The van der Waals surface area contributed by atoms with Gasteiger partial charge >= 0.3 is 11.9 Å². The number of carbonyl (C=O) groups is 3. The standard InChI is InChI=1S/C21H27N3O5/c1-6-22-20(26)15(4)29-21(27)16-7-9-17(10-8-16)24-14(3)18(13(2)23-24)11-12-19(25)28-5/h7-10,15H,6,11-12H2,1-5H3,(H,22,26)/t15-/m1/s1. The van der Waals surface area contributed by atoms with Gasteiger partial charge in [0.25, 0.3) is 5.91 Å². The molecule has 0 bridgehead atoms. The molecule has 156 valence electrons. The van der Waals surface area contributed by atoms with Crippen LogP contribution in [0, 0.1) is 13.8 Å². The average molecular weight is 401 g/mol. The van der Waals surface area contributed by atoms with Crippen LogP contribution < -0.4 is 5.32 Å². The van der Waals surface area contributed by atoms with Crippen LogP contribution in [0.25, 0.3) is 5.69 Å². The number of aromatic nitrogens is 2. The Morgan fingerprint density at radius 1 is 1.17 bits per heavy atom. The summed E-state index contributed by atoms with van der Waals surface area (Å²) in [7, 11) is 1.37.